The van der Waals surface area contributed by atoms with Crippen molar-refractivity contribution in [2.24, 2.45) is 4.99 Å². The summed E-state index contributed by atoms with van der Waals surface area (Å²) in [5.41, 5.74) is 1.47. The molecule has 0 unspecified atom stereocenters. The molecule has 1 heterocycles. The van der Waals surface area contributed by atoms with Gasteiger partial charge in [-0.1, -0.05) is 36.4 Å². The molecular formula is C21H34IN3O. The van der Waals surface area contributed by atoms with Gasteiger partial charge < -0.3 is 15.0 Å². The SMILES string of the molecule is C=CCCCN(C)C(=NCC1(c2ccccc2)CCOCC1)NCC.I. The van der Waals surface area contributed by atoms with Gasteiger partial charge in [-0.05, 0) is 38.2 Å². The molecule has 26 heavy (non-hydrogen) atoms. The number of benzene rings is 1. The molecule has 1 N–H and O–H groups in total. The van der Waals surface area contributed by atoms with Crippen LogP contribution in [0.1, 0.15) is 38.2 Å². The van der Waals surface area contributed by atoms with Gasteiger partial charge in [0.15, 0.2) is 5.96 Å². The first-order chi connectivity index (χ1) is 12.2. The Morgan fingerprint density at radius 3 is 2.62 bits per heavy atom. The number of halogens is 1. The summed E-state index contributed by atoms with van der Waals surface area (Å²) in [7, 11) is 2.11. The van der Waals surface area contributed by atoms with Gasteiger partial charge in [-0.2, -0.15) is 0 Å². The molecule has 1 aromatic carbocycles. The van der Waals surface area contributed by atoms with Crippen molar-refractivity contribution in [1.29, 1.82) is 0 Å². The van der Waals surface area contributed by atoms with Crippen LogP contribution in [0.3, 0.4) is 0 Å². The lowest BCUT2D eigenvalue weighted by Gasteiger charge is -2.37. The topological polar surface area (TPSA) is 36.9 Å². The number of ether oxygens (including phenoxy) is 1. The average molecular weight is 471 g/mol. The van der Waals surface area contributed by atoms with Crippen LogP contribution in [0, 0.1) is 0 Å². The van der Waals surface area contributed by atoms with Crippen LogP contribution in [-0.4, -0.2) is 50.8 Å². The summed E-state index contributed by atoms with van der Waals surface area (Å²) in [6.45, 7) is 10.2. The second kappa shape index (κ2) is 12.3. The predicted molar refractivity (Wildman–Crippen MR) is 122 cm³/mol. The molecule has 0 saturated carbocycles. The maximum absolute atomic E-state index is 5.63. The minimum atomic E-state index is 0. The lowest BCUT2D eigenvalue weighted by molar-refractivity contribution is 0.0530. The predicted octanol–water partition coefficient (Wildman–Crippen LogP) is 4.22. The van der Waals surface area contributed by atoms with Gasteiger partial charge >= 0.3 is 0 Å². The lowest BCUT2D eigenvalue weighted by Crippen LogP contribution is -2.42. The van der Waals surface area contributed by atoms with Crippen LogP contribution in [0.15, 0.2) is 48.0 Å². The summed E-state index contributed by atoms with van der Waals surface area (Å²) < 4.78 is 5.63. The van der Waals surface area contributed by atoms with Crippen LogP contribution in [-0.2, 0) is 10.2 Å². The Balaban J connectivity index is 0.00000338. The Morgan fingerprint density at radius 1 is 1.31 bits per heavy atom. The highest BCUT2D eigenvalue weighted by Gasteiger charge is 2.34. The number of hydrogen-bond acceptors (Lipinski definition) is 2. The molecule has 0 spiro atoms. The monoisotopic (exact) mass is 471 g/mol. The van der Waals surface area contributed by atoms with E-state index in [2.05, 4.69) is 61.1 Å². The first-order valence-corrected chi connectivity index (χ1v) is 9.45. The molecule has 0 bridgehead atoms. The maximum Gasteiger partial charge on any atom is 0.193 e. The van der Waals surface area contributed by atoms with E-state index < -0.39 is 0 Å². The van der Waals surface area contributed by atoms with Crippen LogP contribution in [0.25, 0.3) is 0 Å². The zero-order valence-corrected chi connectivity index (χ0v) is 18.6. The molecule has 1 aliphatic rings. The Labute approximate surface area is 176 Å². The smallest absolute Gasteiger partial charge is 0.193 e. The fraction of sp³-hybridized carbons (Fsp3) is 0.571. The number of hydrogen-bond donors (Lipinski definition) is 1. The maximum atomic E-state index is 5.63. The van der Waals surface area contributed by atoms with E-state index in [1.165, 1.54) is 5.56 Å². The van der Waals surface area contributed by atoms with Gasteiger partial charge in [0, 0.05) is 38.8 Å². The molecule has 1 aliphatic heterocycles. The summed E-state index contributed by atoms with van der Waals surface area (Å²) in [6, 6.07) is 10.8. The molecule has 1 saturated heterocycles. The van der Waals surface area contributed by atoms with Crippen molar-refractivity contribution < 1.29 is 4.74 Å². The number of rotatable bonds is 8. The number of allylic oxidation sites excluding steroid dienone is 1. The van der Waals surface area contributed by atoms with Crippen LogP contribution in [0.2, 0.25) is 0 Å². The highest BCUT2D eigenvalue weighted by atomic mass is 127. The zero-order valence-electron chi connectivity index (χ0n) is 16.2. The molecule has 4 nitrogen and oxygen atoms in total. The summed E-state index contributed by atoms with van der Waals surface area (Å²) in [6.07, 6.45) is 6.17. The third-order valence-electron chi connectivity index (χ3n) is 4.97. The van der Waals surface area contributed by atoms with E-state index >= 15 is 0 Å². The van der Waals surface area contributed by atoms with E-state index in [0.29, 0.717) is 0 Å². The quantitative estimate of drug-likeness (QED) is 0.203. The van der Waals surface area contributed by atoms with Gasteiger partial charge in [-0.15, -0.1) is 30.6 Å². The number of aliphatic imine (C=N–C) groups is 1. The number of guanidine groups is 1. The lowest BCUT2D eigenvalue weighted by atomic mass is 9.74. The third kappa shape index (κ3) is 6.58. The van der Waals surface area contributed by atoms with Crippen molar-refractivity contribution in [3.8, 4) is 0 Å². The van der Waals surface area contributed by atoms with E-state index in [0.717, 1.165) is 64.5 Å². The summed E-state index contributed by atoms with van der Waals surface area (Å²) in [4.78, 5) is 7.24. The van der Waals surface area contributed by atoms with Crippen LogP contribution < -0.4 is 5.32 Å². The largest absolute Gasteiger partial charge is 0.381 e. The van der Waals surface area contributed by atoms with E-state index in [1.54, 1.807) is 0 Å². The molecule has 0 radical (unpaired) electrons. The number of nitrogens with zero attached hydrogens (tertiary/aromatic N) is 2. The van der Waals surface area contributed by atoms with Crippen LogP contribution in [0.4, 0.5) is 0 Å². The van der Waals surface area contributed by atoms with E-state index in [4.69, 9.17) is 9.73 Å². The molecule has 2 rings (SSSR count). The first kappa shape index (κ1) is 23.0. The van der Waals surface area contributed by atoms with Crippen molar-refractivity contribution in [1.82, 2.24) is 10.2 Å². The van der Waals surface area contributed by atoms with E-state index in [9.17, 15) is 0 Å². The second-order valence-corrected chi connectivity index (χ2v) is 6.78. The van der Waals surface area contributed by atoms with Gasteiger partial charge in [-0.25, -0.2) is 0 Å². The zero-order chi connectivity index (χ0) is 18.0. The Hall–Kier alpha value is -1.08. The highest BCUT2D eigenvalue weighted by Crippen LogP contribution is 2.35. The van der Waals surface area contributed by atoms with Crippen LogP contribution in [0.5, 0.6) is 0 Å². The standard InChI is InChI=1S/C21H33N3O.HI/c1-4-6-10-15-24(3)20(22-5-2)23-18-21(13-16-25-17-14-21)19-11-8-7-9-12-19;/h4,7-9,11-12H,1,5-6,10,13-18H2,2-3H3,(H,22,23);1H. The molecule has 0 aromatic heterocycles. The Morgan fingerprint density at radius 2 is 2.00 bits per heavy atom. The van der Waals surface area contributed by atoms with E-state index in [1.807, 2.05) is 6.08 Å². The van der Waals surface area contributed by atoms with Crippen molar-refractivity contribution in [2.45, 2.75) is 38.0 Å². The molecule has 146 valence electrons. The highest BCUT2D eigenvalue weighted by molar-refractivity contribution is 14.0. The summed E-state index contributed by atoms with van der Waals surface area (Å²) >= 11 is 0. The van der Waals surface area contributed by atoms with Crippen LogP contribution >= 0.6 is 24.0 Å². The molecule has 1 fully saturated rings. The minimum Gasteiger partial charge on any atom is -0.381 e. The van der Waals surface area contributed by atoms with Gasteiger partial charge in [0.25, 0.3) is 0 Å². The fourth-order valence-corrected chi connectivity index (χ4v) is 3.37. The van der Waals surface area contributed by atoms with Crippen molar-refractivity contribution in [3.63, 3.8) is 0 Å². The second-order valence-electron chi connectivity index (χ2n) is 6.78. The van der Waals surface area contributed by atoms with Crippen molar-refractivity contribution in [2.75, 3.05) is 39.9 Å². The first-order valence-electron chi connectivity index (χ1n) is 9.45. The number of unbranched alkanes of at least 4 members (excludes halogenated alkanes) is 1. The van der Waals surface area contributed by atoms with E-state index in [-0.39, 0.29) is 29.4 Å². The van der Waals surface area contributed by atoms with Crippen molar-refractivity contribution >= 4 is 29.9 Å². The molecule has 0 aliphatic carbocycles. The van der Waals surface area contributed by atoms with Gasteiger partial charge in [-0.3, -0.25) is 4.99 Å². The molecular weight excluding hydrogens is 437 g/mol. The number of nitrogens with one attached hydrogen (secondary N) is 1. The molecule has 5 heteroatoms. The van der Waals surface area contributed by atoms with Gasteiger partial charge in [0.05, 0.1) is 6.54 Å². The molecule has 1 aromatic rings. The average Bonchev–Trinajstić information content (AvgIpc) is 2.66. The molecule has 0 amide bonds. The molecule has 0 atom stereocenters. The normalized spacial score (nSPS) is 16.5. The fourth-order valence-electron chi connectivity index (χ4n) is 3.37. The van der Waals surface area contributed by atoms with Gasteiger partial charge in [0.2, 0.25) is 0 Å². The van der Waals surface area contributed by atoms with Gasteiger partial charge in [0.1, 0.15) is 0 Å². The summed E-state index contributed by atoms with van der Waals surface area (Å²) in [5, 5.41) is 3.44. The Bertz CT molecular complexity index is 541. The minimum absolute atomic E-state index is 0. The van der Waals surface area contributed by atoms with Crippen molar-refractivity contribution in [3.05, 3.63) is 48.6 Å². The summed E-state index contributed by atoms with van der Waals surface area (Å²) in [5.74, 6) is 0.994. The third-order valence-corrected chi connectivity index (χ3v) is 4.97. The Kier molecular flexibility index (Phi) is 10.9.